The summed E-state index contributed by atoms with van der Waals surface area (Å²) in [6.07, 6.45) is 0. The first-order chi connectivity index (χ1) is 9.85. The Hall–Kier alpha value is -1.40. The molecule has 0 aromatic heterocycles. The van der Waals surface area contributed by atoms with Crippen LogP contribution in [-0.4, -0.2) is 45.0 Å². The second kappa shape index (κ2) is 7.04. The molecule has 1 aliphatic rings. The second-order valence-corrected chi connectivity index (χ2v) is 6.55. The van der Waals surface area contributed by atoms with E-state index in [4.69, 9.17) is 0 Å². The lowest BCUT2D eigenvalue weighted by molar-refractivity contribution is -0.921. The van der Waals surface area contributed by atoms with Crippen molar-refractivity contribution in [1.82, 2.24) is 0 Å². The fourth-order valence-corrected chi connectivity index (χ4v) is 3.52. The Kier molecular flexibility index (Phi) is 5.92. The number of benzene rings is 1. The van der Waals surface area contributed by atoms with E-state index in [0.29, 0.717) is 0 Å². The van der Waals surface area contributed by atoms with E-state index in [2.05, 4.69) is 32.4 Å². The van der Waals surface area contributed by atoms with Crippen molar-refractivity contribution in [2.75, 3.05) is 26.2 Å². The highest BCUT2D eigenvalue weighted by molar-refractivity contribution is 7.95. The first kappa shape index (κ1) is 17.7. The summed E-state index contributed by atoms with van der Waals surface area (Å²) < 4.78 is 26.5. The van der Waals surface area contributed by atoms with Crippen molar-refractivity contribution in [3.63, 3.8) is 0 Å². The van der Waals surface area contributed by atoms with Crippen molar-refractivity contribution in [1.29, 1.82) is 0 Å². The van der Waals surface area contributed by atoms with E-state index in [-0.39, 0.29) is 10.5 Å². The van der Waals surface area contributed by atoms with Crippen molar-refractivity contribution in [2.45, 2.75) is 32.6 Å². The number of carbonyl (C=O) groups is 1. The zero-order valence-corrected chi connectivity index (χ0v) is 14.0. The maximum absolute atomic E-state index is 11.1. The van der Waals surface area contributed by atoms with Gasteiger partial charge >= 0.3 is 0 Å². The highest BCUT2D eigenvalue weighted by atomic mass is 32.2. The zero-order valence-electron chi connectivity index (χ0n) is 13.2. The van der Waals surface area contributed by atoms with E-state index < -0.39 is 15.9 Å². The summed E-state index contributed by atoms with van der Waals surface area (Å²) in [5.41, 5.74) is 0.164. The quantitative estimate of drug-likeness (QED) is 0.803. The second-order valence-electron chi connectivity index (χ2n) is 4.97. The molecule has 1 aromatic carbocycles. The molecule has 2 rings (SSSR count). The zero-order chi connectivity index (χ0) is 16.1. The molecule has 0 spiro atoms. The summed E-state index contributed by atoms with van der Waals surface area (Å²) in [6.45, 7) is 14.2. The topological polar surface area (TPSA) is 65.3 Å². The molecule has 1 aliphatic heterocycles. The minimum absolute atomic E-state index is 0.00926. The number of nitrogens with zero attached hydrogens (tertiary/aromatic N) is 2. The van der Waals surface area contributed by atoms with E-state index >= 15 is 0 Å². The van der Waals surface area contributed by atoms with Gasteiger partial charge in [0, 0.05) is 5.56 Å². The molecule has 0 N–H and O–H groups in total. The highest BCUT2D eigenvalue weighted by Crippen LogP contribution is 2.30. The minimum atomic E-state index is -3.68. The minimum Gasteiger partial charge on any atom is -0.537 e. The maximum Gasteiger partial charge on any atom is 0.126 e. The summed E-state index contributed by atoms with van der Waals surface area (Å²) in [5.74, 6) is -0.675. The average molecular weight is 312 g/mol. The number of sulfonamides is 1. The van der Waals surface area contributed by atoms with Crippen molar-refractivity contribution in [2.24, 2.45) is 0 Å². The molecule has 0 bridgehead atoms. The van der Waals surface area contributed by atoms with Gasteiger partial charge in [-0.15, -0.1) is 0 Å². The molecular formula is C15H24N2O3S. The molecule has 0 fully saturated rings. The number of carbonyl (C=O) groups excluding carboxylic acids is 1. The molecule has 0 aliphatic carbocycles. The van der Waals surface area contributed by atoms with E-state index in [1.54, 1.807) is 12.1 Å². The fourth-order valence-electron chi connectivity index (χ4n) is 2.42. The Bertz CT molecular complexity index is 575. The number of hydrogen-bond acceptors (Lipinski definition) is 3. The number of amides is 1. The Morgan fingerprint density at radius 1 is 0.952 bits per heavy atom. The van der Waals surface area contributed by atoms with Gasteiger partial charge in [-0.3, -0.25) is 0 Å². The van der Waals surface area contributed by atoms with Gasteiger partial charge in [-0.1, -0.05) is 18.2 Å². The molecule has 1 amide bonds. The summed E-state index contributed by atoms with van der Waals surface area (Å²) >= 11 is 0. The van der Waals surface area contributed by atoms with Gasteiger partial charge < -0.3 is 14.0 Å². The first-order valence-corrected chi connectivity index (χ1v) is 8.76. The van der Waals surface area contributed by atoms with Gasteiger partial charge in [0.15, 0.2) is 0 Å². The standard InChI is InChI=1S/C8H20N.C7H5NO3S/c1-5-9(6-2,7-3)8-4;9-7-5-3-1-2-4-6(5)12(10,11)8-7/h5-8H2,1-4H3;1-4H,(H,8,9)/q+1;/p-1. The van der Waals surface area contributed by atoms with Gasteiger partial charge in [-0.05, 0) is 33.8 Å². The largest absolute Gasteiger partial charge is 0.537 e. The lowest BCUT2D eigenvalue weighted by atomic mass is 10.2. The van der Waals surface area contributed by atoms with Crippen LogP contribution >= 0.6 is 0 Å². The van der Waals surface area contributed by atoms with Gasteiger partial charge in [0.2, 0.25) is 0 Å². The lowest BCUT2D eigenvalue weighted by Gasteiger charge is -2.34. The van der Waals surface area contributed by atoms with Crippen molar-refractivity contribution in [3.05, 3.63) is 34.6 Å². The van der Waals surface area contributed by atoms with Gasteiger partial charge in [0.25, 0.3) is 0 Å². The van der Waals surface area contributed by atoms with Crippen LogP contribution in [0, 0.1) is 0 Å². The smallest absolute Gasteiger partial charge is 0.126 e. The number of hydrogen-bond donors (Lipinski definition) is 0. The van der Waals surface area contributed by atoms with Crippen LogP contribution in [0.4, 0.5) is 0 Å². The number of fused-ring (bicyclic) bond motifs is 1. The summed E-state index contributed by atoms with van der Waals surface area (Å²) in [4.78, 5) is 10.9. The molecule has 5 nitrogen and oxygen atoms in total. The van der Waals surface area contributed by atoms with E-state index in [0.717, 1.165) is 0 Å². The van der Waals surface area contributed by atoms with Gasteiger partial charge in [-0.2, -0.15) is 0 Å². The van der Waals surface area contributed by atoms with Crippen LogP contribution in [0.1, 0.15) is 38.1 Å². The van der Waals surface area contributed by atoms with E-state index in [9.17, 15) is 13.2 Å². The molecule has 6 heteroatoms. The third-order valence-electron chi connectivity index (χ3n) is 4.28. The third kappa shape index (κ3) is 3.83. The van der Waals surface area contributed by atoms with Crippen LogP contribution in [0.3, 0.4) is 0 Å². The first-order valence-electron chi connectivity index (χ1n) is 7.32. The van der Waals surface area contributed by atoms with Crippen LogP contribution in [0.2, 0.25) is 0 Å². The average Bonchev–Trinajstić information content (AvgIpc) is 2.73. The van der Waals surface area contributed by atoms with Crippen molar-refractivity contribution in [3.8, 4) is 0 Å². The van der Waals surface area contributed by atoms with Crippen LogP contribution in [0.15, 0.2) is 29.2 Å². The van der Waals surface area contributed by atoms with Gasteiger partial charge in [0.05, 0.1) is 37.0 Å². The summed E-state index contributed by atoms with van der Waals surface area (Å²) in [7, 11) is -3.68. The maximum atomic E-state index is 11.1. The molecule has 1 heterocycles. The van der Waals surface area contributed by atoms with E-state index in [1.165, 1.54) is 42.8 Å². The Labute approximate surface area is 127 Å². The normalized spacial score (nSPS) is 15.7. The fraction of sp³-hybridized carbons (Fsp3) is 0.533. The van der Waals surface area contributed by atoms with Crippen molar-refractivity contribution >= 4 is 15.9 Å². The highest BCUT2D eigenvalue weighted by Gasteiger charge is 2.20. The SMILES string of the molecule is CC[N+](CC)(CC)CC.O=C1[N-]S(=O)(=O)c2ccccc21. The molecule has 1 aromatic rings. The Morgan fingerprint density at radius 3 is 1.81 bits per heavy atom. The molecule has 0 unspecified atom stereocenters. The molecule has 21 heavy (non-hydrogen) atoms. The molecular weight excluding hydrogens is 288 g/mol. The molecule has 0 saturated heterocycles. The monoisotopic (exact) mass is 312 g/mol. The Morgan fingerprint density at radius 2 is 1.43 bits per heavy atom. The van der Waals surface area contributed by atoms with Gasteiger partial charge in [0.1, 0.15) is 10.0 Å². The summed E-state index contributed by atoms with van der Waals surface area (Å²) in [6, 6.07) is 5.99. The molecule has 0 radical (unpaired) electrons. The Balaban J connectivity index is 0.000000222. The van der Waals surface area contributed by atoms with Crippen LogP contribution in [-0.2, 0) is 10.0 Å². The van der Waals surface area contributed by atoms with Crippen LogP contribution in [0.25, 0.3) is 4.72 Å². The van der Waals surface area contributed by atoms with E-state index in [1.807, 2.05) is 0 Å². The van der Waals surface area contributed by atoms with Gasteiger partial charge in [-0.25, -0.2) is 8.42 Å². The third-order valence-corrected chi connectivity index (χ3v) is 5.60. The number of quaternary nitrogens is 1. The number of rotatable bonds is 4. The predicted octanol–water partition coefficient (Wildman–Crippen LogP) is 2.79. The molecule has 118 valence electrons. The lowest BCUT2D eigenvalue weighted by Crippen LogP contribution is -2.47. The van der Waals surface area contributed by atoms with Crippen molar-refractivity contribution < 1.29 is 17.7 Å². The van der Waals surface area contributed by atoms with Crippen LogP contribution < -0.4 is 0 Å². The molecule has 0 saturated carbocycles. The predicted molar refractivity (Wildman–Crippen MR) is 83.7 cm³/mol. The van der Waals surface area contributed by atoms with Crippen LogP contribution in [0.5, 0.6) is 0 Å². The summed E-state index contributed by atoms with van der Waals surface area (Å²) in [5, 5.41) is 0. The molecule has 0 atom stereocenters.